The van der Waals surface area contributed by atoms with Crippen molar-refractivity contribution in [1.29, 1.82) is 0 Å². The molecule has 0 radical (unpaired) electrons. The fourth-order valence-corrected chi connectivity index (χ4v) is 6.98. The fourth-order valence-electron chi connectivity index (χ4n) is 4.31. The van der Waals surface area contributed by atoms with Crippen molar-refractivity contribution in [1.82, 2.24) is 8.87 Å². The van der Waals surface area contributed by atoms with Crippen molar-refractivity contribution in [3.05, 3.63) is 52.8 Å². The summed E-state index contributed by atoms with van der Waals surface area (Å²) in [5.41, 5.74) is 1.25. The Labute approximate surface area is 221 Å². The first-order chi connectivity index (χ1) is 17.7. The van der Waals surface area contributed by atoms with Gasteiger partial charge in [-0.05, 0) is 70.2 Å². The molecular formula is C26H33N3O6S2. The quantitative estimate of drug-likeness (QED) is 0.379. The number of ether oxygens (including phenoxy) is 3. The van der Waals surface area contributed by atoms with Crippen LogP contribution in [0.25, 0.3) is 10.2 Å². The molecule has 1 aliphatic rings. The summed E-state index contributed by atoms with van der Waals surface area (Å²) in [7, 11) is -3.69. The van der Waals surface area contributed by atoms with Gasteiger partial charge >= 0.3 is 0 Å². The predicted molar refractivity (Wildman–Crippen MR) is 143 cm³/mol. The number of sulfonamides is 1. The molecule has 2 aromatic carbocycles. The second-order valence-corrected chi connectivity index (χ2v) is 11.8. The number of thiazole rings is 1. The average Bonchev–Trinajstić information content (AvgIpc) is 3.20. The van der Waals surface area contributed by atoms with E-state index < -0.39 is 15.9 Å². The zero-order valence-electron chi connectivity index (χ0n) is 21.5. The number of hydrogen-bond acceptors (Lipinski definition) is 7. The Hall–Kier alpha value is -2.57. The van der Waals surface area contributed by atoms with Gasteiger partial charge in [0, 0.05) is 31.8 Å². The number of carbonyl (C=O) groups excluding carboxylic acids is 1. The van der Waals surface area contributed by atoms with E-state index in [1.165, 1.54) is 39.9 Å². The number of nitrogens with zero attached hydrogens (tertiary/aromatic N) is 3. The highest BCUT2D eigenvalue weighted by Gasteiger charge is 2.32. The highest BCUT2D eigenvalue weighted by Crippen LogP contribution is 2.24. The molecule has 0 bridgehead atoms. The van der Waals surface area contributed by atoms with Crippen LogP contribution in [-0.4, -0.2) is 68.3 Å². The molecule has 11 heteroatoms. The lowest BCUT2D eigenvalue weighted by atomic mass is 10.2. The van der Waals surface area contributed by atoms with E-state index in [0.717, 1.165) is 16.0 Å². The van der Waals surface area contributed by atoms with Crippen LogP contribution in [-0.2, 0) is 26.0 Å². The second-order valence-electron chi connectivity index (χ2n) is 8.82. The number of amides is 1. The minimum Gasteiger partial charge on any atom is -0.494 e. The molecule has 1 aliphatic heterocycles. The minimum absolute atomic E-state index is 0.141. The summed E-state index contributed by atoms with van der Waals surface area (Å²) < 4.78 is 47.4. The van der Waals surface area contributed by atoms with E-state index in [2.05, 4.69) is 4.99 Å². The van der Waals surface area contributed by atoms with E-state index in [0.29, 0.717) is 49.8 Å². The predicted octanol–water partition coefficient (Wildman–Crippen LogP) is 3.68. The molecule has 0 saturated carbocycles. The van der Waals surface area contributed by atoms with Crippen molar-refractivity contribution in [2.24, 2.45) is 4.99 Å². The summed E-state index contributed by atoms with van der Waals surface area (Å²) in [6.07, 6.45) is -0.364. The molecule has 200 valence electrons. The van der Waals surface area contributed by atoms with Crippen LogP contribution < -0.4 is 9.54 Å². The Kier molecular flexibility index (Phi) is 8.81. The molecule has 1 fully saturated rings. The Morgan fingerprint density at radius 1 is 1.08 bits per heavy atom. The zero-order valence-corrected chi connectivity index (χ0v) is 23.2. The number of fused-ring (bicyclic) bond motifs is 1. The molecule has 37 heavy (non-hydrogen) atoms. The topological polar surface area (TPSA) is 99.4 Å². The van der Waals surface area contributed by atoms with E-state index in [-0.39, 0.29) is 17.1 Å². The molecule has 1 amide bonds. The molecule has 2 unspecified atom stereocenters. The van der Waals surface area contributed by atoms with Gasteiger partial charge < -0.3 is 18.8 Å². The van der Waals surface area contributed by atoms with Gasteiger partial charge in [0.05, 0.1) is 40.5 Å². The largest absolute Gasteiger partial charge is 0.494 e. The van der Waals surface area contributed by atoms with Gasteiger partial charge in [0.15, 0.2) is 4.80 Å². The van der Waals surface area contributed by atoms with Crippen molar-refractivity contribution in [3.8, 4) is 5.75 Å². The summed E-state index contributed by atoms with van der Waals surface area (Å²) in [6, 6.07) is 11.7. The SMILES string of the molecule is CCOCCn1c(=NC(=O)c2ccc(S(=O)(=O)N3CC(C)OC(C)C3)cc2)sc2cc(OCC)ccc21. The fraction of sp³-hybridized carbons (Fsp3) is 0.462. The van der Waals surface area contributed by atoms with E-state index in [1.54, 1.807) is 0 Å². The summed E-state index contributed by atoms with van der Waals surface area (Å²) in [4.78, 5) is 18.2. The number of morpholine rings is 1. The highest BCUT2D eigenvalue weighted by atomic mass is 32.2. The maximum Gasteiger partial charge on any atom is 0.279 e. The van der Waals surface area contributed by atoms with E-state index >= 15 is 0 Å². The third-order valence-electron chi connectivity index (χ3n) is 5.95. The molecule has 2 atom stereocenters. The molecule has 9 nitrogen and oxygen atoms in total. The van der Waals surface area contributed by atoms with Crippen LogP contribution >= 0.6 is 11.3 Å². The summed E-state index contributed by atoms with van der Waals surface area (Å²) >= 11 is 1.40. The van der Waals surface area contributed by atoms with Gasteiger partial charge in [0.2, 0.25) is 10.0 Å². The maximum absolute atomic E-state index is 13.1. The van der Waals surface area contributed by atoms with Gasteiger partial charge in [-0.15, -0.1) is 0 Å². The molecule has 0 spiro atoms. The molecule has 3 aromatic rings. The van der Waals surface area contributed by atoms with Gasteiger partial charge in [-0.2, -0.15) is 9.30 Å². The number of aromatic nitrogens is 1. The van der Waals surface area contributed by atoms with Crippen LogP contribution in [0.5, 0.6) is 5.75 Å². The van der Waals surface area contributed by atoms with E-state index in [1.807, 2.05) is 50.5 Å². The van der Waals surface area contributed by atoms with E-state index in [4.69, 9.17) is 14.2 Å². The third kappa shape index (κ3) is 6.29. The van der Waals surface area contributed by atoms with Crippen molar-refractivity contribution < 1.29 is 27.4 Å². The lowest BCUT2D eigenvalue weighted by Gasteiger charge is -2.34. The highest BCUT2D eigenvalue weighted by molar-refractivity contribution is 7.89. The van der Waals surface area contributed by atoms with Crippen LogP contribution in [0, 0.1) is 0 Å². The Morgan fingerprint density at radius 2 is 1.78 bits per heavy atom. The van der Waals surface area contributed by atoms with Crippen LogP contribution in [0.1, 0.15) is 38.1 Å². The normalized spacial score (nSPS) is 19.4. The molecule has 2 heterocycles. The molecule has 0 aliphatic carbocycles. The van der Waals surface area contributed by atoms with Crippen LogP contribution in [0.4, 0.5) is 0 Å². The zero-order chi connectivity index (χ0) is 26.6. The molecule has 4 rings (SSSR count). The summed E-state index contributed by atoms with van der Waals surface area (Å²) in [5.74, 6) is 0.311. The van der Waals surface area contributed by atoms with Crippen LogP contribution in [0.3, 0.4) is 0 Å². The first kappa shape index (κ1) is 27.5. The van der Waals surface area contributed by atoms with Crippen LogP contribution in [0.15, 0.2) is 52.4 Å². The molecule has 1 aromatic heterocycles. The molecule has 0 N–H and O–H groups in total. The lowest BCUT2D eigenvalue weighted by molar-refractivity contribution is -0.0440. The Morgan fingerprint density at radius 3 is 2.43 bits per heavy atom. The van der Waals surface area contributed by atoms with Gasteiger partial charge in [-0.3, -0.25) is 4.79 Å². The molecule has 1 saturated heterocycles. The van der Waals surface area contributed by atoms with E-state index in [9.17, 15) is 13.2 Å². The Balaban J connectivity index is 1.62. The van der Waals surface area contributed by atoms with Crippen molar-refractivity contribution >= 4 is 37.5 Å². The van der Waals surface area contributed by atoms with Crippen LogP contribution in [0.2, 0.25) is 0 Å². The molecular weight excluding hydrogens is 514 g/mol. The summed E-state index contributed by atoms with van der Waals surface area (Å²) in [6.45, 7) is 10.3. The Bertz CT molecular complexity index is 1400. The smallest absolute Gasteiger partial charge is 0.279 e. The van der Waals surface area contributed by atoms with Gasteiger partial charge in [-0.1, -0.05) is 11.3 Å². The van der Waals surface area contributed by atoms with Gasteiger partial charge in [0.1, 0.15) is 5.75 Å². The number of benzene rings is 2. The number of carbonyl (C=O) groups is 1. The van der Waals surface area contributed by atoms with Crippen molar-refractivity contribution in [2.45, 2.75) is 51.3 Å². The average molecular weight is 548 g/mol. The number of hydrogen-bond donors (Lipinski definition) is 0. The van der Waals surface area contributed by atoms with Gasteiger partial charge in [0.25, 0.3) is 5.91 Å². The van der Waals surface area contributed by atoms with Crippen molar-refractivity contribution in [2.75, 3.05) is 32.9 Å². The van der Waals surface area contributed by atoms with Gasteiger partial charge in [-0.25, -0.2) is 8.42 Å². The number of rotatable bonds is 9. The van der Waals surface area contributed by atoms with Crippen molar-refractivity contribution in [3.63, 3.8) is 0 Å². The minimum atomic E-state index is -3.69. The first-order valence-corrected chi connectivity index (χ1v) is 14.7. The lowest BCUT2D eigenvalue weighted by Crippen LogP contribution is -2.48. The summed E-state index contributed by atoms with van der Waals surface area (Å²) in [5, 5.41) is 0. The monoisotopic (exact) mass is 547 g/mol. The maximum atomic E-state index is 13.1. The first-order valence-electron chi connectivity index (χ1n) is 12.4. The standard InChI is InChI=1S/C26H33N3O6S2/c1-5-33-14-13-29-23-12-9-21(34-6-2)15-24(23)36-26(29)27-25(30)20-7-10-22(11-8-20)37(31,32)28-16-18(3)35-19(4)17-28/h7-12,15,18-19H,5-6,13-14,16-17H2,1-4H3. The third-order valence-corrected chi connectivity index (χ3v) is 8.84. The second kappa shape index (κ2) is 11.9.